The fourth-order valence-electron chi connectivity index (χ4n) is 1.74. The summed E-state index contributed by atoms with van der Waals surface area (Å²) in [6.45, 7) is 0. The van der Waals surface area contributed by atoms with Crippen molar-refractivity contribution in [3.63, 3.8) is 0 Å². The molecule has 0 radical (unpaired) electrons. The Kier molecular flexibility index (Phi) is 4.18. The van der Waals surface area contributed by atoms with Gasteiger partial charge in [0.15, 0.2) is 0 Å². The Balaban J connectivity index is 2.56. The summed E-state index contributed by atoms with van der Waals surface area (Å²) in [4.78, 5) is 0. The molecule has 0 spiro atoms. The smallest absolute Gasteiger partial charge is 0.145 e. The molecule has 1 unspecified atom stereocenters. The molecule has 0 saturated carbocycles. The summed E-state index contributed by atoms with van der Waals surface area (Å²) in [5, 5.41) is 0.0197. The lowest BCUT2D eigenvalue weighted by molar-refractivity contribution is 0.539. The highest BCUT2D eigenvalue weighted by Crippen LogP contribution is 2.32. The number of benzene rings is 2. The van der Waals surface area contributed by atoms with Crippen molar-refractivity contribution in [2.75, 3.05) is 0 Å². The first-order valence-corrected chi connectivity index (χ1v) is 6.43. The summed E-state index contributed by atoms with van der Waals surface area (Å²) in [5.41, 5.74) is 5.76. The number of hydrogen-bond donors (Lipinski definition) is 1. The van der Waals surface area contributed by atoms with Crippen molar-refractivity contribution in [2.45, 2.75) is 6.04 Å². The minimum Gasteiger partial charge on any atom is -0.320 e. The van der Waals surface area contributed by atoms with Gasteiger partial charge in [-0.1, -0.05) is 17.7 Å². The summed E-state index contributed by atoms with van der Waals surface area (Å²) in [6, 6.07) is 4.71. The Labute approximate surface area is 121 Å². The Hall–Kier alpha value is -1.04. The molecule has 0 amide bonds. The van der Waals surface area contributed by atoms with E-state index in [1.54, 1.807) is 0 Å². The predicted octanol–water partition coefficient (Wildman–Crippen LogP) is 4.57. The van der Waals surface area contributed by atoms with E-state index in [0.717, 1.165) is 18.2 Å². The number of halogens is 5. The standard InChI is InChI=1S/C13H8BrClF3N/c14-8-3-4-10(17)11(12(8)18)13(19)7-2-1-6(16)5-9(7)15/h1-5,13H,19H2. The van der Waals surface area contributed by atoms with Gasteiger partial charge in [0.1, 0.15) is 17.5 Å². The summed E-state index contributed by atoms with van der Waals surface area (Å²) >= 11 is 8.80. The van der Waals surface area contributed by atoms with Gasteiger partial charge in [-0.05, 0) is 45.8 Å². The first-order valence-electron chi connectivity index (χ1n) is 5.25. The van der Waals surface area contributed by atoms with Gasteiger partial charge in [0.2, 0.25) is 0 Å². The average molecular weight is 351 g/mol. The second kappa shape index (κ2) is 5.53. The molecule has 2 aromatic rings. The van der Waals surface area contributed by atoms with Crippen LogP contribution in [0.2, 0.25) is 5.02 Å². The van der Waals surface area contributed by atoms with Crippen molar-refractivity contribution in [2.24, 2.45) is 5.73 Å². The predicted molar refractivity (Wildman–Crippen MR) is 71.5 cm³/mol. The molecule has 6 heteroatoms. The van der Waals surface area contributed by atoms with Gasteiger partial charge in [0, 0.05) is 10.6 Å². The molecule has 2 N–H and O–H groups in total. The third-order valence-corrected chi connectivity index (χ3v) is 3.63. The Morgan fingerprint density at radius 2 is 1.79 bits per heavy atom. The third kappa shape index (κ3) is 2.78. The largest absolute Gasteiger partial charge is 0.320 e. The van der Waals surface area contributed by atoms with Gasteiger partial charge in [0.25, 0.3) is 0 Å². The summed E-state index contributed by atoms with van der Waals surface area (Å²) < 4.78 is 40.7. The molecule has 19 heavy (non-hydrogen) atoms. The molecular formula is C13H8BrClF3N. The molecule has 1 nitrogen and oxygen atoms in total. The third-order valence-electron chi connectivity index (χ3n) is 2.69. The van der Waals surface area contributed by atoms with Crippen molar-refractivity contribution >= 4 is 27.5 Å². The lowest BCUT2D eigenvalue weighted by Gasteiger charge is -2.16. The highest BCUT2D eigenvalue weighted by atomic mass is 79.9. The van der Waals surface area contributed by atoms with Crippen LogP contribution in [0, 0.1) is 17.5 Å². The van der Waals surface area contributed by atoms with Crippen LogP contribution in [0.4, 0.5) is 13.2 Å². The van der Waals surface area contributed by atoms with Crippen molar-refractivity contribution in [1.29, 1.82) is 0 Å². The zero-order valence-corrected chi connectivity index (χ0v) is 11.8. The van der Waals surface area contributed by atoms with Gasteiger partial charge < -0.3 is 5.73 Å². The number of rotatable bonds is 2. The first-order chi connectivity index (χ1) is 8.91. The van der Waals surface area contributed by atoms with Crippen molar-refractivity contribution in [3.8, 4) is 0 Å². The SMILES string of the molecule is NC(c1ccc(F)cc1Cl)c1c(F)ccc(Br)c1F. The van der Waals surface area contributed by atoms with Gasteiger partial charge in [-0.25, -0.2) is 13.2 Å². The van der Waals surface area contributed by atoms with Crippen molar-refractivity contribution in [1.82, 2.24) is 0 Å². The van der Waals surface area contributed by atoms with E-state index in [9.17, 15) is 13.2 Å². The summed E-state index contributed by atoms with van der Waals surface area (Å²) in [7, 11) is 0. The van der Waals surface area contributed by atoms with E-state index < -0.39 is 23.5 Å². The van der Waals surface area contributed by atoms with E-state index in [4.69, 9.17) is 17.3 Å². The molecule has 0 aliphatic heterocycles. The lowest BCUT2D eigenvalue weighted by Crippen LogP contribution is -2.16. The minimum absolute atomic E-state index is 0.0197. The molecule has 0 fully saturated rings. The minimum atomic E-state index is -1.12. The number of hydrogen-bond acceptors (Lipinski definition) is 1. The fourth-order valence-corrected chi connectivity index (χ4v) is 2.37. The molecule has 0 aliphatic rings. The molecule has 0 saturated heterocycles. The number of nitrogens with two attached hydrogens (primary N) is 1. The quantitative estimate of drug-likeness (QED) is 0.789. The van der Waals surface area contributed by atoms with Crippen LogP contribution >= 0.6 is 27.5 Å². The molecular weight excluding hydrogens is 343 g/mol. The zero-order chi connectivity index (χ0) is 14.2. The Bertz CT molecular complexity index is 634. The van der Waals surface area contributed by atoms with Gasteiger partial charge in [-0.15, -0.1) is 0 Å². The maximum absolute atomic E-state index is 13.9. The molecule has 0 heterocycles. The van der Waals surface area contributed by atoms with Gasteiger partial charge in [-0.3, -0.25) is 0 Å². The maximum Gasteiger partial charge on any atom is 0.145 e. The summed E-state index contributed by atoms with van der Waals surface area (Å²) in [6.07, 6.45) is 0. The summed E-state index contributed by atoms with van der Waals surface area (Å²) in [5.74, 6) is -2.13. The average Bonchev–Trinajstić information content (AvgIpc) is 2.34. The van der Waals surface area contributed by atoms with Crippen LogP contribution in [0.3, 0.4) is 0 Å². The van der Waals surface area contributed by atoms with E-state index in [1.807, 2.05) is 0 Å². The molecule has 100 valence electrons. The van der Waals surface area contributed by atoms with Crippen LogP contribution in [0.1, 0.15) is 17.2 Å². The van der Waals surface area contributed by atoms with E-state index >= 15 is 0 Å². The molecule has 2 aromatic carbocycles. The van der Waals surface area contributed by atoms with Crippen LogP contribution in [0.25, 0.3) is 0 Å². The molecule has 0 aliphatic carbocycles. The first kappa shape index (κ1) is 14.4. The van der Waals surface area contributed by atoms with Crippen LogP contribution < -0.4 is 5.73 Å². The monoisotopic (exact) mass is 349 g/mol. The van der Waals surface area contributed by atoms with E-state index in [0.29, 0.717) is 0 Å². The van der Waals surface area contributed by atoms with E-state index in [1.165, 1.54) is 12.1 Å². The van der Waals surface area contributed by atoms with Gasteiger partial charge in [-0.2, -0.15) is 0 Å². The maximum atomic E-state index is 13.9. The van der Waals surface area contributed by atoms with E-state index in [2.05, 4.69) is 15.9 Å². The second-order valence-corrected chi connectivity index (χ2v) is 5.16. The topological polar surface area (TPSA) is 26.0 Å². The highest BCUT2D eigenvalue weighted by Gasteiger charge is 2.22. The molecule has 2 rings (SSSR count). The van der Waals surface area contributed by atoms with Crippen molar-refractivity contribution < 1.29 is 13.2 Å². The zero-order valence-electron chi connectivity index (χ0n) is 9.43. The van der Waals surface area contributed by atoms with Crippen LogP contribution in [-0.4, -0.2) is 0 Å². The molecule has 0 aromatic heterocycles. The highest BCUT2D eigenvalue weighted by molar-refractivity contribution is 9.10. The lowest BCUT2D eigenvalue weighted by atomic mass is 9.98. The van der Waals surface area contributed by atoms with Gasteiger partial charge >= 0.3 is 0 Å². The Morgan fingerprint density at radius 3 is 2.42 bits per heavy atom. The van der Waals surface area contributed by atoms with Crippen LogP contribution in [0.5, 0.6) is 0 Å². The molecule has 0 bridgehead atoms. The second-order valence-electron chi connectivity index (χ2n) is 3.90. The van der Waals surface area contributed by atoms with Gasteiger partial charge in [0.05, 0.1) is 10.5 Å². The van der Waals surface area contributed by atoms with E-state index in [-0.39, 0.29) is 20.6 Å². The van der Waals surface area contributed by atoms with Crippen molar-refractivity contribution in [3.05, 3.63) is 68.4 Å². The fraction of sp³-hybridized carbons (Fsp3) is 0.0769. The van der Waals surface area contributed by atoms with Crippen LogP contribution in [0.15, 0.2) is 34.8 Å². The Morgan fingerprint density at radius 1 is 1.11 bits per heavy atom. The van der Waals surface area contributed by atoms with Crippen LogP contribution in [-0.2, 0) is 0 Å². The normalized spacial score (nSPS) is 12.5. The molecule has 1 atom stereocenters.